The largest absolute Gasteiger partial charge is 0.573 e. The van der Waals surface area contributed by atoms with Crippen LogP contribution in [0.1, 0.15) is 36.7 Å². The molecule has 0 aliphatic heterocycles. The minimum Gasteiger partial charge on any atom is -0.406 e. The molecule has 0 aliphatic rings. The molecular weight excluding hydrogens is 594 g/mol. The topological polar surface area (TPSA) is 105 Å². The van der Waals surface area contributed by atoms with Gasteiger partial charge in [0.2, 0.25) is 5.91 Å². The molecule has 0 saturated heterocycles. The molecule has 1 aromatic heterocycles. The Labute approximate surface area is 251 Å². The van der Waals surface area contributed by atoms with Crippen LogP contribution in [-0.4, -0.2) is 35.2 Å². The molecule has 8 nitrogen and oxygen atoms in total. The molecule has 0 unspecified atom stereocenters. The Morgan fingerprint density at radius 1 is 0.976 bits per heavy atom. The van der Waals surface area contributed by atoms with Gasteiger partial charge in [-0.3, -0.25) is 9.59 Å². The van der Waals surface area contributed by atoms with E-state index >= 15 is 0 Å². The summed E-state index contributed by atoms with van der Waals surface area (Å²) in [6.45, 7) is 5.64. The molecule has 0 fully saturated rings. The summed E-state index contributed by atoms with van der Waals surface area (Å²) in [7, 11) is 1.66. The average Bonchev–Trinajstić information content (AvgIpc) is 2.90. The van der Waals surface area contributed by atoms with Crippen LogP contribution in [0.4, 0.5) is 24.7 Å². The predicted octanol–water partition coefficient (Wildman–Crippen LogP) is 7.23. The van der Waals surface area contributed by atoms with E-state index in [0.717, 1.165) is 0 Å². The second kappa shape index (κ2) is 12.8. The maximum Gasteiger partial charge on any atom is 0.573 e. The van der Waals surface area contributed by atoms with Gasteiger partial charge in [-0.2, -0.15) is 0 Å². The SMILES string of the molecule is CNc1nc(-c2cccc(OC(F)(F)F)c2)nc2cc(NC(=O)c3cc(CNC(=O)C(C)(C)C)ccc3Cl)ccc12.Cl. The zero-order valence-electron chi connectivity index (χ0n) is 23.0. The van der Waals surface area contributed by atoms with Crippen LogP contribution in [0.25, 0.3) is 22.3 Å². The van der Waals surface area contributed by atoms with Gasteiger partial charge in [-0.05, 0) is 48.0 Å². The van der Waals surface area contributed by atoms with E-state index in [1.807, 2.05) is 0 Å². The van der Waals surface area contributed by atoms with Crippen LogP contribution in [0, 0.1) is 5.41 Å². The highest BCUT2D eigenvalue weighted by molar-refractivity contribution is 6.34. The molecule has 0 bridgehead atoms. The molecular formula is C29H28Cl2F3N5O3. The molecule has 42 heavy (non-hydrogen) atoms. The molecule has 3 N–H and O–H groups in total. The summed E-state index contributed by atoms with van der Waals surface area (Å²) in [5.41, 5.74) is 1.51. The van der Waals surface area contributed by atoms with Gasteiger partial charge in [-0.15, -0.1) is 25.6 Å². The number of benzene rings is 3. The number of halogens is 5. The van der Waals surface area contributed by atoms with Crippen molar-refractivity contribution in [3.05, 3.63) is 76.8 Å². The lowest BCUT2D eigenvalue weighted by Crippen LogP contribution is -2.34. The van der Waals surface area contributed by atoms with Crippen molar-refractivity contribution in [1.29, 1.82) is 0 Å². The number of ether oxygens (including phenoxy) is 1. The Morgan fingerprint density at radius 3 is 2.38 bits per heavy atom. The van der Waals surface area contributed by atoms with Crippen LogP contribution in [0.3, 0.4) is 0 Å². The molecule has 4 aromatic rings. The minimum atomic E-state index is -4.84. The highest BCUT2D eigenvalue weighted by atomic mass is 35.5. The molecule has 222 valence electrons. The maximum absolute atomic E-state index is 13.1. The van der Waals surface area contributed by atoms with Crippen molar-refractivity contribution in [2.24, 2.45) is 5.41 Å². The number of hydrogen-bond acceptors (Lipinski definition) is 6. The first kappa shape index (κ1) is 32.4. The van der Waals surface area contributed by atoms with E-state index in [1.54, 1.807) is 70.3 Å². The van der Waals surface area contributed by atoms with Crippen LogP contribution in [0.5, 0.6) is 5.75 Å². The zero-order valence-corrected chi connectivity index (χ0v) is 24.6. The summed E-state index contributed by atoms with van der Waals surface area (Å²) >= 11 is 6.31. The van der Waals surface area contributed by atoms with E-state index in [0.29, 0.717) is 33.5 Å². The fourth-order valence-corrected chi connectivity index (χ4v) is 4.07. The van der Waals surface area contributed by atoms with E-state index in [9.17, 15) is 22.8 Å². The number of aromatic nitrogens is 2. The van der Waals surface area contributed by atoms with Crippen LogP contribution >= 0.6 is 24.0 Å². The van der Waals surface area contributed by atoms with Crippen LogP contribution in [-0.2, 0) is 11.3 Å². The Morgan fingerprint density at radius 2 is 1.71 bits per heavy atom. The number of anilines is 2. The Bertz CT molecular complexity index is 1620. The summed E-state index contributed by atoms with van der Waals surface area (Å²) in [6, 6.07) is 15.3. The van der Waals surface area contributed by atoms with Gasteiger partial charge < -0.3 is 20.7 Å². The molecule has 4 rings (SSSR count). The molecule has 3 aromatic carbocycles. The highest BCUT2D eigenvalue weighted by Gasteiger charge is 2.31. The number of carbonyl (C=O) groups is 2. The van der Waals surface area contributed by atoms with Gasteiger partial charge in [0.15, 0.2) is 5.82 Å². The van der Waals surface area contributed by atoms with E-state index in [2.05, 4.69) is 30.7 Å². The Hall–Kier alpha value is -4.09. The molecule has 2 amide bonds. The Kier molecular flexibility index (Phi) is 9.90. The monoisotopic (exact) mass is 621 g/mol. The third-order valence-electron chi connectivity index (χ3n) is 5.93. The van der Waals surface area contributed by atoms with Crippen molar-refractivity contribution in [3.8, 4) is 17.1 Å². The van der Waals surface area contributed by atoms with E-state index < -0.39 is 23.4 Å². The van der Waals surface area contributed by atoms with Crippen LogP contribution in [0.2, 0.25) is 5.02 Å². The lowest BCUT2D eigenvalue weighted by molar-refractivity contribution is -0.274. The fraction of sp³-hybridized carbons (Fsp3) is 0.241. The molecule has 0 radical (unpaired) electrons. The van der Waals surface area contributed by atoms with E-state index in [4.69, 9.17) is 11.6 Å². The van der Waals surface area contributed by atoms with Gasteiger partial charge in [0.05, 0.1) is 16.1 Å². The number of carbonyl (C=O) groups excluding carboxylic acids is 2. The smallest absolute Gasteiger partial charge is 0.406 e. The maximum atomic E-state index is 13.1. The third-order valence-corrected chi connectivity index (χ3v) is 6.26. The van der Waals surface area contributed by atoms with Crippen molar-refractivity contribution in [1.82, 2.24) is 15.3 Å². The fourth-order valence-electron chi connectivity index (χ4n) is 3.86. The molecule has 1 heterocycles. The van der Waals surface area contributed by atoms with Crippen LogP contribution < -0.4 is 20.7 Å². The number of amides is 2. The normalized spacial score (nSPS) is 11.4. The standard InChI is InChI=1S/C29H27ClF3N5O3.ClH/c1-28(2,3)27(40)35-15-16-8-11-22(30)21(12-16)26(39)36-18-9-10-20-23(14-18)37-24(38-25(20)34-4)17-6-5-7-19(13-17)41-29(31,32)33;/h5-14H,15H2,1-4H3,(H,35,40)(H,36,39)(H,34,37,38);1H. The second-order valence-corrected chi connectivity index (χ2v) is 10.6. The van der Waals surface area contributed by atoms with Crippen molar-refractivity contribution >= 4 is 58.2 Å². The van der Waals surface area contributed by atoms with Crippen molar-refractivity contribution in [2.45, 2.75) is 33.7 Å². The van der Waals surface area contributed by atoms with Crippen molar-refractivity contribution in [3.63, 3.8) is 0 Å². The molecule has 0 atom stereocenters. The van der Waals surface area contributed by atoms with Gasteiger partial charge in [-0.25, -0.2) is 9.97 Å². The summed E-state index contributed by atoms with van der Waals surface area (Å²) in [4.78, 5) is 34.3. The van der Waals surface area contributed by atoms with Gasteiger partial charge >= 0.3 is 6.36 Å². The first-order chi connectivity index (χ1) is 19.2. The third kappa shape index (κ3) is 8.01. The van der Waals surface area contributed by atoms with Crippen molar-refractivity contribution in [2.75, 3.05) is 17.7 Å². The summed E-state index contributed by atoms with van der Waals surface area (Å²) in [6.07, 6.45) is -4.84. The lowest BCUT2D eigenvalue weighted by Gasteiger charge is -2.18. The summed E-state index contributed by atoms with van der Waals surface area (Å²) in [5.74, 6) is -0.401. The second-order valence-electron chi connectivity index (χ2n) is 10.2. The van der Waals surface area contributed by atoms with Gasteiger partial charge in [0.1, 0.15) is 11.6 Å². The number of hydrogen-bond donors (Lipinski definition) is 3. The summed E-state index contributed by atoms with van der Waals surface area (Å²) < 4.78 is 42.2. The Balaban J connectivity index is 0.00000484. The van der Waals surface area contributed by atoms with Crippen molar-refractivity contribution < 1.29 is 27.5 Å². The first-order valence-electron chi connectivity index (χ1n) is 12.5. The van der Waals surface area contributed by atoms with E-state index in [-0.39, 0.29) is 41.3 Å². The van der Waals surface area contributed by atoms with Crippen LogP contribution in [0.15, 0.2) is 60.7 Å². The van der Waals surface area contributed by atoms with E-state index in [1.165, 1.54) is 18.2 Å². The first-order valence-corrected chi connectivity index (χ1v) is 12.8. The number of alkyl halides is 3. The predicted molar refractivity (Wildman–Crippen MR) is 159 cm³/mol. The highest BCUT2D eigenvalue weighted by Crippen LogP contribution is 2.30. The molecule has 0 aliphatic carbocycles. The number of rotatable bonds is 7. The molecule has 13 heteroatoms. The number of nitrogens with zero attached hydrogens (tertiary/aromatic N) is 2. The zero-order chi connectivity index (χ0) is 29.9. The van der Waals surface area contributed by atoms with Gasteiger partial charge in [0, 0.05) is 35.6 Å². The minimum absolute atomic E-state index is 0. The lowest BCUT2D eigenvalue weighted by atomic mass is 9.95. The average molecular weight is 622 g/mol. The quantitative estimate of drug-likeness (QED) is 0.201. The molecule has 0 spiro atoms. The summed E-state index contributed by atoms with van der Waals surface area (Å²) in [5, 5.41) is 9.47. The number of nitrogens with one attached hydrogen (secondary N) is 3. The van der Waals surface area contributed by atoms with Gasteiger partial charge in [-0.1, -0.05) is 50.6 Å². The number of fused-ring (bicyclic) bond motifs is 1. The van der Waals surface area contributed by atoms with Gasteiger partial charge in [0.25, 0.3) is 5.91 Å². The molecule has 0 saturated carbocycles.